The van der Waals surface area contributed by atoms with Crippen molar-refractivity contribution in [1.82, 2.24) is 9.97 Å². The molecule has 5 rings (SSSR count). The molecule has 0 aliphatic heterocycles. The summed E-state index contributed by atoms with van der Waals surface area (Å²) in [7, 11) is 0. The molecule has 4 heteroatoms. The molecule has 0 saturated carbocycles. The number of aromatic nitrogens is 2. The second-order valence-electron chi connectivity index (χ2n) is 8.95. The molecule has 0 saturated heterocycles. The van der Waals surface area contributed by atoms with Crippen LogP contribution in [0.25, 0.3) is 33.6 Å². The standard InChI is InChI=1S/C22H22N.C11H7FN.Ir/c1-22(2,3)16-17-9-11-18(12-10-17)20-13-14-23-21(15-20)19-7-5-4-6-8-19;12-10-6-4-9(5-7-10)11-3-1-2-8-13-11;/h4-7,9-15H,16H2,1-3H3;1-4,6-8H;/q2*-1;/i11D,12D,13D,15D,16D2;;. The van der Waals surface area contributed by atoms with Crippen LogP contribution in [0, 0.1) is 23.4 Å². The topological polar surface area (TPSA) is 25.8 Å². The van der Waals surface area contributed by atoms with Gasteiger partial charge in [-0.3, -0.25) is 4.39 Å². The van der Waals surface area contributed by atoms with Gasteiger partial charge in [-0.05, 0) is 52.0 Å². The SMILES string of the molecule is Fc1c[c-]c(-c2ccccn2)cc1.[2H]c1cc(C([2H])([2H])C(C)(C)C)cc([2H])c1-c1c([2H])cnc(-c2[c-]cccc2)c1[2H].[Ir]. The van der Waals surface area contributed by atoms with Gasteiger partial charge in [-0.25, -0.2) is 0 Å². The second kappa shape index (κ2) is 13.2. The fraction of sp³-hybridized carbons (Fsp3) is 0.152. The van der Waals surface area contributed by atoms with Gasteiger partial charge in [0, 0.05) is 41.1 Å². The molecule has 0 bridgehead atoms. The smallest absolute Gasteiger partial charge is 0.0645 e. The van der Waals surface area contributed by atoms with Crippen molar-refractivity contribution >= 4 is 0 Å². The minimum Gasteiger partial charge on any atom is -0.305 e. The van der Waals surface area contributed by atoms with Crippen molar-refractivity contribution in [2.45, 2.75) is 27.1 Å². The second-order valence-corrected chi connectivity index (χ2v) is 8.95. The molecule has 0 N–H and O–H groups in total. The Morgan fingerprint density at radius 1 is 0.811 bits per heavy atom. The van der Waals surface area contributed by atoms with E-state index in [1.807, 2.05) is 18.2 Å². The summed E-state index contributed by atoms with van der Waals surface area (Å²) < 4.78 is 63.2. The molecule has 2 aromatic heterocycles. The maximum atomic E-state index is 12.6. The van der Waals surface area contributed by atoms with Crippen LogP contribution in [-0.4, -0.2) is 9.97 Å². The molecule has 0 unspecified atom stereocenters. The fourth-order valence-corrected chi connectivity index (χ4v) is 3.28. The zero-order valence-corrected chi connectivity index (χ0v) is 23.1. The fourth-order valence-electron chi connectivity index (χ4n) is 3.28. The van der Waals surface area contributed by atoms with Gasteiger partial charge in [-0.1, -0.05) is 63.2 Å². The van der Waals surface area contributed by atoms with E-state index < -0.39 is 11.8 Å². The third kappa shape index (κ3) is 8.56. The Hall–Kier alpha value is -3.46. The predicted molar refractivity (Wildman–Crippen MR) is 146 cm³/mol. The van der Waals surface area contributed by atoms with Gasteiger partial charge in [0.25, 0.3) is 0 Å². The van der Waals surface area contributed by atoms with Crippen molar-refractivity contribution in [2.75, 3.05) is 0 Å². The number of hydrogen-bond donors (Lipinski definition) is 0. The van der Waals surface area contributed by atoms with Crippen LogP contribution >= 0.6 is 0 Å². The van der Waals surface area contributed by atoms with Gasteiger partial charge in [0.05, 0.1) is 5.48 Å². The van der Waals surface area contributed by atoms with E-state index in [0.717, 1.165) is 11.3 Å². The molecular weight excluding hydrogens is 636 g/mol. The maximum Gasteiger partial charge on any atom is 0.0645 e. The molecular formula is C33H29FIrN2-2. The molecule has 0 atom stereocenters. The van der Waals surface area contributed by atoms with E-state index in [1.54, 1.807) is 57.3 Å². The molecule has 0 amide bonds. The third-order valence-electron chi connectivity index (χ3n) is 4.84. The van der Waals surface area contributed by atoms with Gasteiger partial charge in [-0.15, -0.1) is 65.7 Å². The van der Waals surface area contributed by atoms with Gasteiger partial charge in [0.1, 0.15) is 0 Å². The van der Waals surface area contributed by atoms with Crippen LogP contribution < -0.4 is 0 Å². The number of nitrogens with zero attached hydrogens (tertiary/aromatic N) is 2. The van der Waals surface area contributed by atoms with E-state index in [2.05, 4.69) is 22.1 Å². The minimum atomic E-state index is -1.74. The first-order chi connectivity index (χ1) is 19.8. The molecule has 2 nitrogen and oxygen atoms in total. The molecule has 0 aliphatic rings. The summed E-state index contributed by atoms with van der Waals surface area (Å²) >= 11 is 0. The van der Waals surface area contributed by atoms with Gasteiger partial charge in [0.15, 0.2) is 0 Å². The van der Waals surface area contributed by atoms with Gasteiger partial charge in [0.2, 0.25) is 0 Å². The first-order valence-electron chi connectivity index (χ1n) is 14.5. The normalized spacial score (nSPS) is 13.3. The maximum absolute atomic E-state index is 12.6. The van der Waals surface area contributed by atoms with Crippen LogP contribution in [0.1, 0.15) is 34.6 Å². The number of rotatable bonds is 4. The van der Waals surface area contributed by atoms with Crippen molar-refractivity contribution in [2.24, 2.45) is 5.41 Å². The molecule has 37 heavy (non-hydrogen) atoms. The summed E-state index contributed by atoms with van der Waals surface area (Å²) in [6.07, 6.45) is 1.27. The Kier molecular flexibility index (Phi) is 7.34. The summed E-state index contributed by atoms with van der Waals surface area (Å²) in [6.45, 7) is 5.30. The Labute approximate surface area is 241 Å². The molecule has 3 aromatic carbocycles. The summed E-state index contributed by atoms with van der Waals surface area (Å²) in [5.74, 6) is -0.278. The summed E-state index contributed by atoms with van der Waals surface area (Å²) in [6, 6.07) is 25.4. The van der Waals surface area contributed by atoms with Gasteiger partial charge >= 0.3 is 0 Å². The van der Waals surface area contributed by atoms with Crippen molar-refractivity contribution in [3.05, 3.63) is 133 Å². The Bertz CT molecular complexity index is 1650. The van der Waals surface area contributed by atoms with Crippen LogP contribution in [0.4, 0.5) is 4.39 Å². The van der Waals surface area contributed by atoms with Crippen molar-refractivity contribution in [3.63, 3.8) is 0 Å². The molecule has 0 fully saturated rings. The Balaban J connectivity index is 0.000000302. The number of hydrogen-bond acceptors (Lipinski definition) is 2. The first-order valence-corrected chi connectivity index (χ1v) is 11.5. The quantitative estimate of drug-likeness (QED) is 0.179. The van der Waals surface area contributed by atoms with E-state index in [0.29, 0.717) is 11.3 Å². The van der Waals surface area contributed by atoms with Crippen molar-refractivity contribution < 1.29 is 32.7 Å². The number of benzene rings is 3. The van der Waals surface area contributed by atoms with Crippen molar-refractivity contribution in [1.29, 1.82) is 0 Å². The monoisotopic (exact) mass is 671 g/mol. The van der Waals surface area contributed by atoms with Gasteiger partial charge < -0.3 is 9.97 Å². The average molecular weight is 671 g/mol. The Morgan fingerprint density at radius 3 is 2.16 bits per heavy atom. The molecule has 2 heterocycles. The molecule has 0 spiro atoms. The summed E-state index contributed by atoms with van der Waals surface area (Å²) in [4.78, 5) is 8.32. The third-order valence-corrected chi connectivity index (χ3v) is 4.84. The van der Waals surface area contributed by atoms with E-state index >= 15 is 0 Å². The number of pyridine rings is 2. The molecule has 189 valence electrons. The van der Waals surface area contributed by atoms with E-state index in [9.17, 15) is 4.39 Å². The molecule has 5 aromatic rings. The van der Waals surface area contributed by atoms with E-state index in [4.69, 9.17) is 8.22 Å². The number of halogens is 1. The zero-order chi connectivity index (χ0) is 30.7. The zero-order valence-electron chi connectivity index (χ0n) is 26.7. The first kappa shape index (κ1) is 20.6. The summed E-state index contributed by atoms with van der Waals surface area (Å²) in [5, 5.41) is 0. The largest absolute Gasteiger partial charge is 0.305 e. The molecule has 1 radical (unpaired) electrons. The van der Waals surface area contributed by atoms with Crippen LogP contribution in [0.2, 0.25) is 0 Å². The van der Waals surface area contributed by atoms with Crippen LogP contribution in [0.3, 0.4) is 0 Å². The predicted octanol–water partition coefficient (Wildman–Crippen LogP) is 8.49. The van der Waals surface area contributed by atoms with Gasteiger partial charge in [-0.2, -0.15) is 0 Å². The van der Waals surface area contributed by atoms with E-state index in [1.165, 1.54) is 30.5 Å². The van der Waals surface area contributed by atoms with Crippen LogP contribution in [-0.2, 0) is 26.5 Å². The summed E-state index contributed by atoms with van der Waals surface area (Å²) in [5.41, 5.74) is 2.33. The van der Waals surface area contributed by atoms with Crippen molar-refractivity contribution in [3.8, 4) is 33.6 Å². The Morgan fingerprint density at radius 2 is 1.54 bits per heavy atom. The average Bonchev–Trinajstić information content (AvgIpc) is 2.95. The minimum absolute atomic E-state index is 0. The van der Waals surface area contributed by atoms with Crippen LogP contribution in [0.5, 0.6) is 0 Å². The van der Waals surface area contributed by atoms with Crippen LogP contribution in [0.15, 0.2) is 109 Å². The molecule has 0 aliphatic carbocycles. The van der Waals surface area contributed by atoms with E-state index in [-0.39, 0.29) is 66.8 Å².